The molecular formula is C21H31FN4O2. The number of hydrogen-bond acceptors (Lipinski definition) is 5. The molecule has 0 radical (unpaired) electrons. The summed E-state index contributed by atoms with van der Waals surface area (Å²) in [6.45, 7) is 10.5. The van der Waals surface area contributed by atoms with E-state index in [0.29, 0.717) is 12.2 Å². The highest BCUT2D eigenvalue weighted by molar-refractivity contribution is 5.99. The van der Waals surface area contributed by atoms with E-state index < -0.39 is 0 Å². The van der Waals surface area contributed by atoms with E-state index in [9.17, 15) is 9.18 Å². The van der Waals surface area contributed by atoms with E-state index >= 15 is 0 Å². The van der Waals surface area contributed by atoms with Gasteiger partial charge in [0.15, 0.2) is 0 Å². The van der Waals surface area contributed by atoms with Crippen molar-refractivity contribution >= 4 is 11.6 Å². The van der Waals surface area contributed by atoms with Gasteiger partial charge in [-0.25, -0.2) is 4.39 Å². The Balaban J connectivity index is 1.25. The Kier molecular flexibility index (Phi) is 6.57. The van der Waals surface area contributed by atoms with E-state index in [0.717, 1.165) is 78.4 Å². The second kappa shape index (κ2) is 9.31. The molecular weight excluding hydrogens is 359 g/mol. The first-order chi connectivity index (χ1) is 13.7. The fourth-order valence-corrected chi connectivity index (χ4v) is 4.52. The zero-order chi connectivity index (χ0) is 19.3. The zero-order valence-electron chi connectivity index (χ0n) is 16.6. The third-order valence-corrected chi connectivity index (χ3v) is 6.22. The smallest absolute Gasteiger partial charge is 0.244 e. The maximum absolute atomic E-state index is 14.1. The van der Waals surface area contributed by atoms with Gasteiger partial charge in [0.25, 0.3) is 0 Å². The molecule has 154 valence electrons. The first-order valence-corrected chi connectivity index (χ1v) is 10.5. The third kappa shape index (κ3) is 4.54. The van der Waals surface area contributed by atoms with Crippen LogP contribution in [0.25, 0.3) is 0 Å². The van der Waals surface area contributed by atoms with Crippen LogP contribution < -0.4 is 4.90 Å². The molecule has 3 saturated heterocycles. The van der Waals surface area contributed by atoms with Gasteiger partial charge in [0.05, 0.1) is 18.3 Å². The van der Waals surface area contributed by atoms with Crippen LogP contribution in [0.15, 0.2) is 24.3 Å². The number of halogens is 1. The number of amides is 1. The molecule has 0 bridgehead atoms. The molecule has 0 aliphatic carbocycles. The van der Waals surface area contributed by atoms with Crippen molar-refractivity contribution in [3.8, 4) is 0 Å². The number of hydrogen-bond donors (Lipinski definition) is 0. The number of nitrogens with zero attached hydrogens (tertiary/aromatic N) is 4. The molecule has 28 heavy (non-hydrogen) atoms. The summed E-state index contributed by atoms with van der Waals surface area (Å²) in [5, 5.41) is 0. The van der Waals surface area contributed by atoms with Crippen LogP contribution in [-0.4, -0.2) is 98.8 Å². The van der Waals surface area contributed by atoms with Gasteiger partial charge < -0.3 is 9.64 Å². The lowest BCUT2D eigenvalue weighted by atomic mass is 10.1. The normalized spacial score (nSPS) is 26.0. The average Bonchev–Trinajstić information content (AvgIpc) is 2.92. The van der Waals surface area contributed by atoms with Gasteiger partial charge in [-0.15, -0.1) is 0 Å². The van der Waals surface area contributed by atoms with Crippen LogP contribution in [0.2, 0.25) is 0 Å². The fraction of sp³-hybridized carbons (Fsp3) is 0.667. The third-order valence-electron chi connectivity index (χ3n) is 6.22. The minimum absolute atomic E-state index is 0.0446. The van der Waals surface area contributed by atoms with Gasteiger partial charge in [0.1, 0.15) is 5.82 Å². The second-order valence-electron chi connectivity index (χ2n) is 7.93. The number of carbonyl (C=O) groups is 1. The van der Waals surface area contributed by atoms with Crippen LogP contribution in [0.3, 0.4) is 0 Å². The molecule has 0 saturated carbocycles. The molecule has 3 heterocycles. The number of anilines is 1. The van der Waals surface area contributed by atoms with Crippen molar-refractivity contribution in [3.63, 3.8) is 0 Å². The summed E-state index contributed by atoms with van der Waals surface area (Å²) in [6, 6.07) is 6.46. The van der Waals surface area contributed by atoms with Crippen LogP contribution in [0.5, 0.6) is 0 Å². The lowest BCUT2D eigenvalue weighted by Crippen LogP contribution is -2.53. The van der Waals surface area contributed by atoms with E-state index in [2.05, 4.69) is 14.7 Å². The molecule has 3 fully saturated rings. The summed E-state index contributed by atoms with van der Waals surface area (Å²) in [4.78, 5) is 21.8. The van der Waals surface area contributed by atoms with Crippen molar-refractivity contribution in [3.05, 3.63) is 30.1 Å². The summed E-state index contributed by atoms with van der Waals surface area (Å²) in [7, 11) is 0. The van der Waals surface area contributed by atoms with E-state index in [4.69, 9.17) is 4.74 Å². The van der Waals surface area contributed by atoms with Crippen LogP contribution >= 0.6 is 0 Å². The molecule has 6 nitrogen and oxygen atoms in total. The summed E-state index contributed by atoms with van der Waals surface area (Å²) >= 11 is 0. The molecule has 3 aliphatic heterocycles. The van der Waals surface area contributed by atoms with Gasteiger partial charge >= 0.3 is 0 Å². The standard InChI is InChI=1S/C21H31FN4O2/c22-18-4-1-2-5-19(18)26-8-6-20(21(26)27)25-13-11-24(12-14-25)10-9-23-7-3-16-28-17-15-23/h1-2,4-5,20H,3,6-17H2. The Morgan fingerprint density at radius 3 is 2.46 bits per heavy atom. The summed E-state index contributed by atoms with van der Waals surface area (Å²) in [5.41, 5.74) is 0.412. The Labute approximate surface area is 166 Å². The predicted molar refractivity (Wildman–Crippen MR) is 107 cm³/mol. The molecule has 0 spiro atoms. The molecule has 4 rings (SSSR count). The van der Waals surface area contributed by atoms with Crippen LogP contribution in [0.1, 0.15) is 12.8 Å². The van der Waals surface area contributed by atoms with Crippen molar-refractivity contribution in [2.45, 2.75) is 18.9 Å². The molecule has 1 aromatic rings. The molecule has 0 N–H and O–H groups in total. The zero-order valence-corrected chi connectivity index (χ0v) is 16.6. The van der Waals surface area contributed by atoms with Crippen molar-refractivity contribution in [2.75, 3.05) is 77.0 Å². The summed E-state index contributed by atoms with van der Waals surface area (Å²) in [5.74, 6) is -0.275. The number of carbonyl (C=O) groups excluding carboxylic acids is 1. The van der Waals surface area contributed by atoms with Gasteiger partial charge in [0, 0.05) is 65.5 Å². The Hall–Kier alpha value is -1.54. The minimum atomic E-state index is -0.319. The van der Waals surface area contributed by atoms with Crippen LogP contribution in [0, 0.1) is 5.82 Å². The molecule has 1 aromatic carbocycles. The van der Waals surface area contributed by atoms with Gasteiger partial charge in [-0.3, -0.25) is 19.5 Å². The Morgan fingerprint density at radius 2 is 1.68 bits per heavy atom. The van der Waals surface area contributed by atoms with Gasteiger partial charge in [0.2, 0.25) is 5.91 Å². The van der Waals surface area contributed by atoms with E-state index in [1.54, 1.807) is 23.1 Å². The number of para-hydroxylation sites is 1. The fourth-order valence-electron chi connectivity index (χ4n) is 4.52. The Morgan fingerprint density at radius 1 is 0.929 bits per heavy atom. The first-order valence-electron chi connectivity index (χ1n) is 10.5. The van der Waals surface area contributed by atoms with Crippen LogP contribution in [-0.2, 0) is 9.53 Å². The Bertz CT molecular complexity index is 658. The van der Waals surface area contributed by atoms with E-state index in [1.165, 1.54) is 6.07 Å². The maximum Gasteiger partial charge on any atom is 0.244 e. The first kappa shape index (κ1) is 19.8. The molecule has 1 unspecified atom stereocenters. The topological polar surface area (TPSA) is 39.3 Å². The van der Waals surface area contributed by atoms with E-state index in [1.807, 2.05) is 0 Å². The second-order valence-corrected chi connectivity index (χ2v) is 7.93. The molecule has 7 heteroatoms. The number of benzene rings is 1. The summed E-state index contributed by atoms with van der Waals surface area (Å²) in [6.07, 6.45) is 1.90. The predicted octanol–water partition coefficient (Wildman–Crippen LogP) is 1.27. The molecule has 3 aliphatic rings. The van der Waals surface area contributed by atoms with E-state index in [-0.39, 0.29) is 17.8 Å². The van der Waals surface area contributed by atoms with Crippen LogP contribution in [0.4, 0.5) is 10.1 Å². The molecule has 0 aromatic heterocycles. The SMILES string of the molecule is O=C1C(N2CCN(CCN3CCCOCC3)CC2)CCN1c1ccccc1F. The number of rotatable bonds is 5. The number of ether oxygens (including phenoxy) is 1. The maximum atomic E-state index is 14.1. The quantitative estimate of drug-likeness (QED) is 0.757. The van der Waals surface area contributed by atoms with Crippen molar-refractivity contribution in [1.29, 1.82) is 0 Å². The van der Waals surface area contributed by atoms with Crippen molar-refractivity contribution < 1.29 is 13.9 Å². The lowest BCUT2D eigenvalue weighted by Gasteiger charge is -2.38. The highest BCUT2D eigenvalue weighted by atomic mass is 19.1. The minimum Gasteiger partial charge on any atom is -0.380 e. The highest BCUT2D eigenvalue weighted by Crippen LogP contribution is 2.27. The largest absolute Gasteiger partial charge is 0.380 e. The number of piperazine rings is 1. The van der Waals surface area contributed by atoms with Crippen molar-refractivity contribution in [2.24, 2.45) is 0 Å². The molecule has 1 atom stereocenters. The van der Waals surface area contributed by atoms with Gasteiger partial charge in [-0.2, -0.15) is 0 Å². The summed E-state index contributed by atoms with van der Waals surface area (Å²) < 4.78 is 19.6. The lowest BCUT2D eigenvalue weighted by molar-refractivity contribution is -0.122. The van der Waals surface area contributed by atoms with Gasteiger partial charge in [-0.1, -0.05) is 12.1 Å². The van der Waals surface area contributed by atoms with Crippen molar-refractivity contribution in [1.82, 2.24) is 14.7 Å². The monoisotopic (exact) mass is 390 g/mol. The molecule has 1 amide bonds. The highest BCUT2D eigenvalue weighted by Gasteiger charge is 2.38. The van der Waals surface area contributed by atoms with Gasteiger partial charge in [-0.05, 0) is 25.0 Å². The average molecular weight is 391 g/mol.